The van der Waals surface area contributed by atoms with Crippen molar-refractivity contribution in [2.45, 2.75) is 16.6 Å². The molecule has 3 amide bonds. The highest BCUT2D eigenvalue weighted by atomic mass is 32.2. The van der Waals surface area contributed by atoms with Gasteiger partial charge < -0.3 is 14.6 Å². The molecule has 0 bridgehead atoms. The molecule has 0 saturated carbocycles. The van der Waals surface area contributed by atoms with Crippen LogP contribution in [0.3, 0.4) is 0 Å². The van der Waals surface area contributed by atoms with Crippen molar-refractivity contribution in [2.24, 2.45) is 7.05 Å². The van der Waals surface area contributed by atoms with E-state index in [2.05, 4.69) is 10.6 Å². The SMILES string of the molecule is Cn1cccc1C(=O)NC(=O)COC(=O)CC1Sc2ccccc2NC1=O. The Morgan fingerprint density at radius 1 is 1.22 bits per heavy atom. The summed E-state index contributed by atoms with van der Waals surface area (Å²) >= 11 is 1.27. The summed E-state index contributed by atoms with van der Waals surface area (Å²) in [5, 5.41) is 4.24. The van der Waals surface area contributed by atoms with Crippen LogP contribution in [0.25, 0.3) is 0 Å². The molecule has 9 heteroatoms. The maximum Gasteiger partial charge on any atom is 0.307 e. The van der Waals surface area contributed by atoms with Gasteiger partial charge in [0.15, 0.2) is 6.61 Å². The Kier molecular flexibility index (Phi) is 5.60. The number of para-hydroxylation sites is 1. The zero-order chi connectivity index (χ0) is 19.4. The van der Waals surface area contributed by atoms with Gasteiger partial charge >= 0.3 is 5.97 Å². The fraction of sp³-hybridized carbons (Fsp3) is 0.222. The van der Waals surface area contributed by atoms with E-state index in [1.165, 1.54) is 11.8 Å². The highest BCUT2D eigenvalue weighted by molar-refractivity contribution is 8.01. The molecule has 27 heavy (non-hydrogen) atoms. The smallest absolute Gasteiger partial charge is 0.307 e. The second kappa shape index (κ2) is 8.09. The average Bonchev–Trinajstić information content (AvgIpc) is 3.07. The second-order valence-electron chi connectivity index (χ2n) is 5.84. The van der Waals surface area contributed by atoms with Crippen LogP contribution >= 0.6 is 11.8 Å². The van der Waals surface area contributed by atoms with Crippen LogP contribution in [-0.4, -0.2) is 40.1 Å². The number of hydrogen-bond acceptors (Lipinski definition) is 6. The number of fused-ring (bicyclic) bond motifs is 1. The van der Waals surface area contributed by atoms with Crippen LogP contribution in [0.2, 0.25) is 0 Å². The molecule has 0 spiro atoms. The van der Waals surface area contributed by atoms with Crippen LogP contribution < -0.4 is 10.6 Å². The lowest BCUT2D eigenvalue weighted by atomic mass is 10.2. The van der Waals surface area contributed by atoms with Crippen LogP contribution in [-0.2, 0) is 26.2 Å². The molecule has 2 aromatic rings. The highest BCUT2D eigenvalue weighted by Gasteiger charge is 2.29. The summed E-state index contributed by atoms with van der Waals surface area (Å²) in [5.74, 6) is -2.30. The second-order valence-corrected chi connectivity index (χ2v) is 7.08. The van der Waals surface area contributed by atoms with Crippen molar-refractivity contribution >= 4 is 41.1 Å². The normalized spacial score (nSPS) is 15.4. The van der Waals surface area contributed by atoms with Crippen molar-refractivity contribution in [3.05, 3.63) is 48.3 Å². The molecule has 0 radical (unpaired) electrons. The maximum atomic E-state index is 12.1. The van der Waals surface area contributed by atoms with E-state index in [1.807, 2.05) is 18.2 Å². The Bertz CT molecular complexity index is 908. The van der Waals surface area contributed by atoms with Crippen LogP contribution in [0, 0.1) is 0 Å². The summed E-state index contributed by atoms with van der Waals surface area (Å²) < 4.78 is 6.45. The number of benzene rings is 1. The van der Waals surface area contributed by atoms with E-state index in [1.54, 1.807) is 36.0 Å². The van der Waals surface area contributed by atoms with Crippen LogP contribution in [0.15, 0.2) is 47.5 Å². The molecule has 0 saturated heterocycles. The predicted octanol–water partition coefficient (Wildman–Crippen LogP) is 1.33. The first-order chi connectivity index (χ1) is 12.9. The molecule has 2 heterocycles. The van der Waals surface area contributed by atoms with Gasteiger partial charge in [-0.25, -0.2) is 0 Å². The van der Waals surface area contributed by atoms with Crippen molar-refractivity contribution in [3.8, 4) is 0 Å². The minimum Gasteiger partial charge on any atom is -0.456 e. The number of imide groups is 1. The van der Waals surface area contributed by atoms with Crippen LogP contribution in [0.4, 0.5) is 5.69 Å². The topological polar surface area (TPSA) is 106 Å². The fourth-order valence-electron chi connectivity index (χ4n) is 2.51. The van der Waals surface area contributed by atoms with E-state index in [-0.39, 0.29) is 12.3 Å². The molecule has 140 valence electrons. The summed E-state index contributed by atoms with van der Waals surface area (Å²) in [5.41, 5.74) is 1.01. The largest absolute Gasteiger partial charge is 0.456 e. The molecule has 1 atom stereocenters. The van der Waals surface area contributed by atoms with Crippen LogP contribution in [0.1, 0.15) is 16.9 Å². The van der Waals surface area contributed by atoms with E-state index in [0.29, 0.717) is 11.4 Å². The lowest BCUT2D eigenvalue weighted by molar-refractivity contribution is -0.148. The monoisotopic (exact) mass is 387 g/mol. The van der Waals surface area contributed by atoms with E-state index in [9.17, 15) is 19.2 Å². The average molecular weight is 387 g/mol. The summed E-state index contributed by atoms with van der Waals surface area (Å²) in [6, 6.07) is 10.5. The molecule has 1 unspecified atom stereocenters. The zero-order valence-corrected chi connectivity index (χ0v) is 15.2. The van der Waals surface area contributed by atoms with Gasteiger partial charge in [-0.2, -0.15) is 0 Å². The Morgan fingerprint density at radius 3 is 2.74 bits per heavy atom. The molecular weight excluding hydrogens is 370 g/mol. The quantitative estimate of drug-likeness (QED) is 0.750. The number of nitrogens with one attached hydrogen (secondary N) is 2. The summed E-state index contributed by atoms with van der Waals surface area (Å²) in [7, 11) is 1.67. The van der Waals surface area contributed by atoms with Crippen LogP contribution in [0.5, 0.6) is 0 Å². The van der Waals surface area contributed by atoms with Gasteiger partial charge in [0, 0.05) is 18.1 Å². The summed E-state index contributed by atoms with van der Waals surface area (Å²) in [4.78, 5) is 48.6. The number of nitrogens with zero attached hydrogens (tertiary/aromatic N) is 1. The third-order valence-electron chi connectivity index (χ3n) is 3.85. The molecule has 0 fully saturated rings. The van der Waals surface area contributed by atoms with Crippen molar-refractivity contribution in [1.29, 1.82) is 0 Å². The number of carbonyl (C=O) groups excluding carboxylic acids is 4. The molecule has 0 aliphatic carbocycles. The van der Waals surface area contributed by atoms with Crippen molar-refractivity contribution in [1.82, 2.24) is 9.88 Å². The molecule has 1 aromatic carbocycles. The van der Waals surface area contributed by atoms with Gasteiger partial charge in [-0.3, -0.25) is 24.5 Å². The van der Waals surface area contributed by atoms with E-state index >= 15 is 0 Å². The molecule has 8 nitrogen and oxygen atoms in total. The Hall–Kier alpha value is -3.07. The number of anilines is 1. The van der Waals surface area contributed by atoms with Gasteiger partial charge in [-0.1, -0.05) is 12.1 Å². The number of aromatic nitrogens is 1. The number of aryl methyl sites for hydroxylation is 1. The summed E-state index contributed by atoms with van der Waals surface area (Å²) in [6.45, 7) is -0.593. The molecule has 1 aromatic heterocycles. The number of thioether (sulfide) groups is 1. The third-order valence-corrected chi connectivity index (χ3v) is 5.13. The minimum atomic E-state index is -0.736. The molecule has 1 aliphatic heterocycles. The number of rotatable bonds is 5. The van der Waals surface area contributed by atoms with E-state index in [0.717, 1.165) is 4.90 Å². The van der Waals surface area contributed by atoms with Gasteiger partial charge in [0.1, 0.15) is 5.69 Å². The Labute approximate surface area is 159 Å². The van der Waals surface area contributed by atoms with Gasteiger partial charge in [0.05, 0.1) is 17.4 Å². The number of amides is 3. The van der Waals surface area contributed by atoms with Gasteiger partial charge in [0.25, 0.3) is 11.8 Å². The molecule has 3 rings (SSSR count). The maximum absolute atomic E-state index is 12.1. The van der Waals surface area contributed by atoms with Crippen molar-refractivity contribution in [2.75, 3.05) is 11.9 Å². The first kappa shape index (κ1) is 18.7. The highest BCUT2D eigenvalue weighted by Crippen LogP contribution is 2.36. The van der Waals surface area contributed by atoms with E-state index < -0.39 is 29.6 Å². The Morgan fingerprint density at radius 2 is 2.00 bits per heavy atom. The lowest BCUT2D eigenvalue weighted by Crippen LogP contribution is -2.36. The van der Waals surface area contributed by atoms with Crippen molar-refractivity contribution in [3.63, 3.8) is 0 Å². The number of esters is 1. The summed E-state index contributed by atoms with van der Waals surface area (Å²) in [6.07, 6.45) is 1.49. The first-order valence-corrected chi connectivity index (χ1v) is 8.99. The lowest BCUT2D eigenvalue weighted by Gasteiger charge is -2.23. The minimum absolute atomic E-state index is 0.177. The standard InChI is InChI=1S/C18H17N3O5S/c1-21-8-4-6-12(21)17(24)20-15(22)10-26-16(23)9-14-18(25)19-11-5-2-3-7-13(11)27-14/h2-8,14H,9-10H2,1H3,(H,19,25)(H,20,22,24). The number of hydrogen-bond donors (Lipinski definition) is 2. The molecule has 2 N–H and O–H groups in total. The Balaban J connectivity index is 1.47. The van der Waals surface area contributed by atoms with Gasteiger partial charge in [-0.05, 0) is 24.3 Å². The number of carbonyl (C=O) groups is 4. The predicted molar refractivity (Wildman–Crippen MR) is 98.2 cm³/mol. The molecular formula is C18H17N3O5S. The molecule has 1 aliphatic rings. The number of ether oxygens (including phenoxy) is 1. The first-order valence-electron chi connectivity index (χ1n) is 8.11. The van der Waals surface area contributed by atoms with Crippen molar-refractivity contribution < 1.29 is 23.9 Å². The van der Waals surface area contributed by atoms with E-state index in [4.69, 9.17) is 4.74 Å². The third kappa shape index (κ3) is 4.56. The zero-order valence-electron chi connectivity index (χ0n) is 14.4. The fourth-order valence-corrected chi connectivity index (χ4v) is 3.60. The van der Waals surface area contributed by atoms with Gasteiger partial charge in [-0.15, -0.1) is 11.8 Å². The van der Waals surface area contributed by atoms with Gasteiger partial charge in [0.2, 0.25) is 5.91 Å².